The summed E-state index contributed by atoms with van der Waals surface area (Å²) in [4.78, 5) is 42.9. The smallest absolute Gasteiger partial charge is 0.275 e. The molecule has 12 nitrogen and oxygen atoms in total. The predicted octanol–water partition coefficient (Wildman–Crippen LogP) is 2.89. The number of allylic oxidation sites excluding steroid dienone is 2. The summed E-state index contributed by atoms with van der Waals surface area (Å²) in [5, 5.41) is 12.2. The van der Waals surface area contributed by atoms with Crippen molar-refractivity contribution >= 4 is 47.4 Å². The van der Waals surface area contributed by atoms with Crippen molar-refractivity contribution in [1.82, 2.24) is 31.0 Å². The first-order valence-electron chi connectivity index (χ1n) is 14.2. The molecule has 0 saturated heterocycles. The Hall–Kier alpha value is -4.08. The van der Waals surface area contributed by atoms with Crippen LogP contribution in [-0.4, -0.2) is 84.6 Å². The van der Waals surface area contributed by atoms with Crippen LogP contribution in [-0.2, 0) is 4.79 Å². The Balaban J connectivity index is 0.00000216. The third-order valence-electron chi connectivity index (χ3n) is 6.07. The van der Waals surface area contributed by atoms with Gasteiger partial charge in [-0.3, -0.25) is 25.0 Å². The maximum absolute atomic E-state index is 14.5. The molecule has 0 bridgehead atoms. The average molecular weight is 634 g/mol. The molecule has 0 unspecified atom stereocenters. The van der Waals surface area contributed by atoms with Gasteiger partial charge in [0, 0.05) is 42.7 Å². The number of thiazole rings is 1. The van der Waals surface area contributed by atoms with Crippen molar-refractivity contribution in [2.75, 3.05) is 33.8 Å². The minimum atomic E-state index is -0.913. The summed E-state index contributed by atoms with van der Waals surface area (Å²) < 4.78 is 28.3. The Morgan fingerprint density at radius 3 is 2.59 bits per heavy atom. The quantitative estimate of drug-likeness (QED) is 0.0695. The van der Waals surface area contributed by atoms with Crippen LogP contribution in [0.25, 0.3) is 11.3 Å². The van der Waals surface area contributed by atoms with Gasteiger partial charge in [0.15, 0.2) is 5.82 Å². The van der Waals surface area contributed by atoms with Gasteiger partial charge >= 0.3 is 0 Å². The number of carbonyl (C=O) groups excluding carboxylic acids is 2. The van der Waals surface area contributed by atoms with E-state index in [9.17, 15) is 18.4 Å². The molecule has 1 fully saturated rings. The lowest BCUT2D eigenvalue weighted by atomic mass is 9.96. The van der Waals surface area contributed by atoms with E-state index in [1.807, 2.05) is 14.1 Å². The van der Waals surface area contributed by atoms with Crippen LogP contribution < -0.4 is 21.9 Å². The average Bonchev–Trinajstić information content (AvgIpc) is 3.50. The number of nitrogens with two attached hydrogens (primary N) is 1. The molecule has 1 aliphatic carbocycles. The van der Waals surface area contributed by atoms with E-state index in [0.29, 0.717) is 23.5 Å². The first-order valence-corrected chi connectivity index (χ1v) is 15.1. The van der Waals surface area contributed by atoms with Crippen LogP contribution in [0.4, 0.5) is 8.78 Å². The van der Waals surface area contributed by atoms with Gasteiger partial charge in [0.25, 0.3) is 5.91 Å². The third-order valence-corrected chi connectivity index (χ3v) is 6.96. The zero-order valence-corrected chi connectivity index (χ0v) is 26.0. The first-order chi connectivity index (χ1) is 21.2. The molecule has 0 radical (unpaired) electrons. The molecule has 3 rings (SSSR count). The second-order valence-electron chi connectivity index (χ2n) is 9.87. The van der Waals surface area contributed by atoms with Crippen LogP contribution in [0.15, 0.2) is 39.4 Å². The van der Waals surface area contributed by atoms with Crippen molar-refractivity contribution in [1.29, 1.82) is 0 Å². The van der Waals surface area contributed by atoms with Crippen molar-refractivity contribution < 1.29 is 23.5 Å². The number of halogens is 2. The van der Waals surface area contributed by atoms with Gasteiger partial charge in [-0.15, -0.1) is 11.3 Å². The normalized spacial score (nSPS) is 14.8. The number of aliphatic imine (C=N–C) groups is 2. The fourth-order valence-electron chi connectivity index (χ4n) is 3.96. The molecule has 0 spiro atoms. The van der Waals surface area contributed by atoms with E-state index in [1.165, 1.54) is 23.8 Å². The summed E-state index contributed by atoms with van der Waals surface area (Å²) in [6.45, 7) is 3.38. The maximum Gasteiger partial charge on any atom is 0.275 e. The molecule has 15 heteroatoms. The van der Waals surface area contributed by atoms with Gasteiger partial charge in [-0.05, 0) is 59.0 Å². The Morgan fingerprint density at radius 2 is 1.91 bits per heavy atom. The van der Waals surface area contributed by atoms with E-state index in [4.69, 9.17) is 10.8 Å². The van der Waals surface area contributed by atoms with Gasteiger partial charge in [-0.1, -0.05) is 19.3 Å². The van der Waals surface area contributed by atoms with Gasteiger partial charge in [-0.25, -0.2) is 14.4 Å². The number of aliphatic hydroxyl groups excluding tert-OH is 1. The molecule has 44 heavy (non-hydrogen) atoms. The number of hydrazine groups is 1. The first kappa shape index (κ1) is 36.1. The molecule has 1 aliphatic rings. The monoisotopic (exact) mass is 633 g/mol. The lowest BCUT2D eigenvalue weighted by Gasteiger charge is -2.18. The zero-order chi connectivity index (χ0) is 32.3. The van der Waals surface area contributed by atoms with Gasteiger partial charge in [0.1, 0.15) is 16.4 Å². The standard InChI is InChI=1S/C27H35F2N9O2S.C2H6O/c1-38(2)12-6-11-31-13-18(14-33-34-17-39)27-36-22(16-41-27)26(40)35-21(15-32-19-7-4-3-5-8-19)24(30)25-20(28)9-10-23(29)37-25;1-2-3/h9-10,13-17,19,33H,3-8,11-12,30H2,1-2H3,(H,34,39)(H,35,40);3H,2H2,1H3/b18-14+,24-21+,31-13?,32-15?;. The maximum atomic E-state index is 14.5. The number of rotatable bonds is 14. The van der Waals surface area contributed by atoms with E-state index in [2.05, 4.69) is 41.0 Å². The van der Waals surface area contributed by atoms with E-state index < -0.39 is 23.4 Å². The number of carbonyl (C=O) groups is 2. The minimum Gasteiger partial charge on any atom is -0.397 e. The fourth-order valence-corrected chi connectivity index (χ4v) is 4.74. The fraction of sp³-hybridized carbons (Fsp3) is 0.448. The van der Waals surface area contributed by atoms with Gasteiger partial charge in [-0.2, -0.15) is 4.39 Å². The summed E-state index contributed by atoms with van der Waals surface area (Å²) >= 11 is 1.19. The SMILES string of the molecule is CCO.CN(C)CCCN=C/C(=C\NNC=O)c1nc(C(=O)N/C(C=NC2CCCCC2)=C(/N)c2nc(F)ccc2F)cs1. The second kappa shape index (κ2) is 20.0. The van der Waals surface area contributed by atoms with Crippen molar-refractivity contribution in [2.24, 2.45) is 15.7 Å². The largest absolute Gasteiger partial charge is 0.397 e. The molecule has 2 aromatic rings. The van der Waals surface area contributed by atoms with Crippen LogP contribution in [0.2, 0.25) is 0 Å². The summed E-state index contributed by atoms with van der Waals surface area (Å²) in [7, 11) is 3.96. The summed E-state index contributed by atoms with van der Waals surface area (Å²) in [5.74, 6) is -2.38. The van der Waals surface area contributed by atoms with Gasteiger partial charge in [0.2, 0.25) is 12.4 Å². The van der Waals surface area contributed by atoms with Crippen LogP contribution in [0, 0.1) is 11.8 Å². The van der Waals surface area contributed by atoms with Crippen LogP contribution >= 0.6 is 11.3 Å². The highest BCUT2D eigenvalue weighted by atomic mass is 32.1. The highest BCUT2D eigenvalue weighted by molar-refractivity contribution is 7.11. The lowest BCUT2D eigenvalue weighted by molar-refractivity contribution is -0.110. The van der Waals surface area contributed by atoms with Crippen LogP contribution in [0.3, 0.4) is 0 Å². The van der Waals surface area contributed by atoms with E-state index in [1.54, 1.807) is 18.5 Å². The van der Waals surface area contributed by atoms with E-state index >= 15 is 0 Å². The number of amides is 2. The lowest BCUT2D eigenvalue weighted by Crippen LogP contribution is -2.27. The highest BCUT2D eigenvalue weighted by Crippen LogP contribution is 2.22. The van der Waals surface area contributed by atoms with Gasteiger partial charge in [0.05, 0.1) is 17.4 Å². The number of nitrogens with one attached hydrogen (secondary N) is 3. The molecule has 2 heterocycles. The summed E-state index contributed by atoms with van der Waals surface area (Å²) in [6.07, 6.45) is 10.8. The van der Waals surface area contributed by atoms with Gasteiger partial charge < -0.3 is 26.5 Å². The molecule has 0 aromatic carbocycles. The molecular formula is C29H41F2N9O3S. The summed E-state index contributed by atoms with van der Waals surface area (Å²) in [6, 6.07) is 1.84. The number of pyridine rings is 1. The van der Waals surface area contributed by atoms with E-state index in [0.717, 1.165) is 57.2 Å². The van der Waals surface area contributed by atoms with Crippen LogP contribution in [0.5, 0.6) is 0 Å². The number of aliphatic hydroxyl groups is 1. The number of hydrogen-bond donors (Lipinski definition) is 5. The topological polar surface area (TPSA) is 170 Å². The Labute approximate surface area is 260 Å². The molecule has 6 N–H and O–H groups in total. The van der Waals surface area contributed by atoms with Crippen molar-refractivity contribution in [3.05, 3.63) is 57.6 Å². The van der Waals surface area contributed by atoms with E-state index in [-0.39, 0.29) is 29.7 Å². The van der Waals surface area contributed by atoms with Crippen molar-refractivity contribution in [3.8, 4) is 0 Å². The Kier molecular flexibility index (Phi) is 16.4. The van der Waals surface area contributed by atoms with Crippen molar-refractivity contribution in [3.63, 3.8) is 0 Å². The molecule has 1 saturated carbocycles. The molecule has 2 aromatic heterocycles. The zero-order valence-electron chi connectivity index (χ0n) is 25.2. The van der Waals surface area contributed by atoms with Crippen LogP contribution in [0.1, 0.15) is 66.6 Å². The molecular weight excluding hydrogens is 592 g/mol. The second-order valence-corrected chi connectivity index (χ2v) is 10.7. The Bertz CT molecular complexity index is 1320. The number of nitrogens with zero attached hydrogens (tertiary/aromatic N) is 5. The third kappa shape index (κ3) is 12.7. The molecule has 2 amide bonds. The number of aromatic nitrogens is 2. The summed E-state index contributed by atoms with van der Waals surface area (Å²) in [5.41, 5.74) is 11.0. The minimum absolute atomic E-state index is 0.0119. The highest BCUT2D eigenvalue weighted by Gasteiger charge is 2.19. The molecule has 0 atom stereocenters. The molecule has 240 valence electrons. The Morgan fingerprint density at radius 1 is 1.18 bits per heavy atom. The predicted molar refractivity (Wildman–Crippen MR) is 170 cm³/mol. The molecule has 0 aliphatic heterocycles. The van der Waals surface area contributed by atoms with Crippen molar-refractivity contribution in [2.45, 2.75) is 51.5 Å². The number of hydrogen-bond acceptors (Lipinski definition) is 11.